The van der Waals surface area contributed by atoms with Crippen LogP contribution in [-0.2, 0) is 9.47 Å². The van der Waals surface area contributed by atoms with Gasteiger partial charge in [0, 0.05) is 6.07 Å². The molecule has 0 saturated carbocycles. The molecule has 0 bridgehead atoms. The SMILES string of the molecule is C/C(=C\CCC1(C)OC1CN1C(=O)c2cccc(O)c2Nc2ccc(O)cc21)CCC1OC1(C)C. The normalized spacial score (nSPS) is 26.5. The van der Waals surface area contributed by atoms with Gasteiger partial charge in [0.15, 0.2) is 0 Å². The lowest BCUT2D eigenvalue weighted by molar-refractivity contribution is 0.0986. The zero-order valence-electron chi connectivity index (χ0n) is 20.8. The van der Waals surface area contributed by atoms with Gasteiger partial charge in [0.1, 0.15) is 17.6 Å². The van der Waals surface area contributed by atoms with Gasteiger partial charge in [-0.1, -0.05) is 17.7 Å². The Morgan fingerprint density at radius 2 is 1.91 bits per heavy atom. The number of phenolic OH excluding ortho intramolecular Hbond substituents is 2. The first kappa shape index (κ1) is 23.7. The third-order valence-corrected chi connectivity index (χ3v) is 7.53. The van der Waals surface area contributed by atoms with Crippen molar-refractivity contribution >= 4 is 23.0 Å². The summed E-state index contributed by atoms with van der Waals surface area (Å²) in [7, 11) is 0. The highest BCUT2D eigenvalue weighted by Crippen LogP contribution is 2.45. The van der Waals surface area contributed by atoms with Crippen LogP contribution < -0.4 is 10.2 Å². The van der Waals surface area contributed by atoms with E-state index < -0.39 is 0 Å². The number of ether oxygens (including phenoxy) is 2. The van der Waals surface area contributed by atoms with Crippen LogP contribution in [0.5, 0.6) is 11.5 Å². The molecule has 0 aromatic heterocycles. The van der Waals surface area contributed by atoms with Crippen molar-refractivity contribution in [1.29, 1.82) is 0 Å². The Labute approximate surface area is 206 Å². The second-order valence-electron chi connectivity index (χ2n) is 10.7. The van der Waals surface area contributed by atoms with Crippen molar-refractivity contribution in [2.45, 2.75) is 76.8 Å². The minimum absolute atomic E-state index is 0.00297. The number of phenols is 2. The molecule has 2 fully saturated rings. The van der Waals surface area contributed by atoms with Crippen LogP contribution in [0, 0.1) is 0 Å². The van der Waals surface area contributed by atoms with Gasteiger partial charge < -0.3 is 29.9 Å². The van der Waals surface area contributed by atoms with Crippen LogP contribution in [0.25, 0.3) is 0 Å². The fourth-order valence-electron chi connectivity index (χ4n) is 4.98. The zero-order chi connectivity index (χ0) is 25.0. The largest absolute Gasteiger partial charge is 0.508 e. The van der Waals surface area contributed by atoms with Crippen molar-refractivity contribution in [3.63, 3.8) is 0 Å². The molecular weight excluding hydrogens is 444 g/mol. The Morgan fingerprint density at radius 3 is 2.66 bits per heavy atom. The number of fused-ring (bicyclic) bond motifs is 2. The second-order valence-corrected chi connectivity index (χ2v) is 10.7. The van der Waals surface area contributed by atoms with Gasteiger partial charge in [-0.2, -0.15) is 0 Å². The average molecular weight is 479 g/mol. The Hall–Kier alpha value is -3.03. The number of carbonyl (C=O) groups is 1. The lowest BCUT2D eigenvalue weighted by atomic mass is 9.98. The third-order valence-electron chi connectivity index (χ3n) is 7.53. The minimum atomic E-state index is -0.308. The maximum absolute atomic E-state index is 13.5. The van der Waals surface area contributed by atoms with Crippen molar-refractivity contribution in [2.24, 2.45) is 0 Å². The summed E-state index contributed by atoms with van der Waals surface area (Å²) in [5, 5.41) is 23.7. The molecule has 3 atom stereocenters. The second kappa shape index (κ2) is 8.57. The summed E-state index contributed by atoms with van der Waals surface area (Å²) in [6, 6.07) is 9.73. The Bertz CT molecular complexity index is 1190. The lowest BCUT2D eigenvalue weighted by Gasteiger charge is -2.22. The molecule has 1 amide bonds. The molecule has 2 aromatic rings. The predicted octanol–water partition coefficient (Wildman–Crippen LogP) is 5.64. The van der Waals surface area contributed by atoms with Gasteiger partial charge in [-0.15, -0.1) is 0 Å². The predicted molar refractivity (Wildman–Crippen MR) is 136 cm³/mol. The summed E-state index contributed by atoms with van der Waals surface area (Å²) in [6.07, 6.45) is 6.41. The molecule has 0 aliphatic carbocycles. The zero-order valence-corrected chi connectivity index (χ0v) is 20.8. The van der Waals surface area contributed by atoms with E-state index in [1.165, 1.54) is 5.57 Å². The smallest absolute Gasteiger partial charge is 0.260 e. The molecule has 2 saturated heterocycles. The van der Waals surface area contributed by atoms with E-state index in [1.54, 1.807) is 41.3 Å². The molecule has 3 unspecified atom stereocenters. The third kappa shape index (κ3) is 4.75. The maximum atomic E-state index is 13.5. The number of para-hydroxylation sites is 1. The number of allylic oxidation sites excluding steroid dienone is 2. The fraction of sp³-hybridized carbons (Fsp3) is 0.464. The first-order valence-corrected chi connectivity index (χ1v) is 12.3. The highest BCUT2D eigenvalue weighted by atomic mass is 16.6. The number of anilines is 3. The Kier molecular flexibility index (Phi) is 5.80. The van der Waals surface area contributed by atoms with Crippen LogP contribution >= 0.6 is 0 Å². The molecule has 35 heavy (non-hydrogen) atoms. The molecule has 3 aliphatic heterocycles. The molecule has 3 aliphatic rings. The van der Waals surface area contributed by atoms with Crippen LogP contribution in [0.3, 0.4) is 0 Å². The van der Waals surface area contributed by atoms with Gasteiger partial charge in [0.25, 0.3) is 5.91 Å². The summed E-state index contributed by atoms with van der Waals surface area (Å²) < 4.78 is 11.8. The van der Waals surface area contributed by atoms with Crippen molar-refractivity contribution in [2.75, 3.05) is 16.8 Å². The van der Waals surface area contributed by atoms with Crippen LogP contribution in [0.4, 0.5) is 17.1 Å². The van der Waals surface area contributed by atoms with Gasteiger partial charge >= 0.3 is 0 Å². The number of hydrogen-bond donors (Lipinski definition) is 3. The van der Waals surface area contributed by atoms with E-state index in [9.17, 15) is 15.0 Å². The van der Waals surface area contributed by atoms with E-state index >= 15 is 0 Å². The molecular formula is C28H34N2O5. The van der Waals surface area contributed by atoms with E-state index in [2.05, 4.69) is 39.1 Å². The first-order valence-electron chi connectivity index (χ1n) is 12.3. The van der Waals surface area contributed by atoms with E-state index in [-0.39, 0.29) is 34.7 Å². The number of aromatic hydroxyl groups is 2. The van der Waals surface area contributed by atoms with Crippen molar-refractivity contribution in [3.05, 3.63) is 53.6 Å². The maximum Gasteiger partial charge on any atom is 0.260 e. The molecule has 2 aromatic carbocycles. The summed E-state index contributed by atoms with van der Waals surface area (Å²) >= 11 is 0. The van der Waals surface area contributed by atoms with Gasteiger partial charge in [-0.05, 0) is 77.6 Å². The number of epoxide rings is 2. The van der Waals surface area contributed by atoms with Crippen LogP contribution in [0.2, 0.25) is 0 Å². The van der Waals surface area contributed by atoms with Gasteiger partial charge in [0.2, 0.25) is 0 Å². The van der Waals surface area contributed by atoms with E-state index in [0.717, 1.165) is 25.7 Å². The number of nitrogens with zero attached hydrogens (tertiary/aromatic N) is 1. The standard InChI is InChI=1S/C28H34N2O5/c1-17(10-13-23-27(2,3)34-23)7-6-14-28(4)24(35-28)16-30-21-15-18(31)11-12-20(21)29-25-19(26(30)33)8-5-9-22(25)32/h5,7-9,11-12,15,23-24,29,31-32H,6,10,13-14,16H2,1-4H3/b17-7+. The molecule has 3 N–H and O–H groups in total. The molecule has 0 radical (unpaired) electrons. The molecule has 5 rings (SSSR count). The van der Waals surface area contributed by atoms with Crippen LogP contribution in [0.15, 0.2) is 48.0 Å². The van der Waals surface area contributed by atoms with E-state index in [4.69, 9.17) is 9.47 Å². The summed E-state index contributed by atoms with van der Waals surface area (Å²) in [6.45, 7) is 8.88. The summed E-state index contributed by atoms with van der Waals surface area (Å²) in [4.78, 5) is 15.2. The quantitative estimate of drug-likeness (QED) is 0.196. The molecule has 3 heterocycles. The van der Waals surface area contributed by atoms with Crippen LogP contribution in [-0.4, -0.2) is 46.1 Å². The molecule has 0 spiro atoms. The highest BCUT2D eigenvalue weighted by molar-refractivity contribution is 6.14. The topological polar surface area (TPSA) is 97.9 Å². The average Bonchev–Trinajstić information content (AvgIpc) is 3.66. The van der Waals surface area contributed by atoms with Gasteiger partial charge in [-0.25, -0.2) is 0 Å². The summed E-state index contributed by atoms with van der Waals surface area (Å²) in [5.74, 6) is -0.173. The number of nitrogens with one attached hydrogen (secondary N) is 1. The Morgan fingerprint density at radius 1 is 1.14 bits per heavy atom. The number of hydrogen-bond acceptors (Lipinski definition) is 6. The Balaban J connectivity index is 1.26. The van der Waals surface area contributed by atoms with Crippen molar-refractivity contribution in [3.8, 4) is 11.5 Å². The molecule has 186 valence electrons. The number of rotatable bonds is 8. The fourth-order valence-corrected chi connectivity index (χ4v) is 4.98. The highest BCUT2D eigenvalue weighted by Gasteiger charge is 2.53. The van der Waals surface area contributed by atoms with Crippen molar-refractivity contribution in [1.82, 2.24) is 0 Å². The van der Waals surface area contributed by atoms with Gasteiger partial charge in [-0.3, -0.25) is 4.79 Å². The molecule has 7 nitrogen and oxygen atoms in total. The number of benzene rings is 2. The monoisotopic (exact) mass is 478 g/mol. The van der Waals surface area contributed by atoms with Crippen LogP contribution in [0.1, 0.15) is 63.7 Å². The van der Waals surface area contributed by atoms with Crippen molar-refractivity contribution < 1.29 is 24.5 Å². The van der Waals surface area contributed by atoms with Gasteiger partial charge in [0.05, 0.1) is 46.5 Å². The number of carbonyl (C=O) groups excluding carboxylic acids is 1. The first-order chi connectivity index (χ1) is 16.6. The lowest BCUT2D eigenvalue weighted by Crippen LogP contribution is -2.35. The van der Waals surface area contributed by atoms with E-state index in [1.807, 2.05) is 0 Å². The van der Waals surface area contributed by atoms with E-state index in [0.29, 0.717) is 35.3 Å². The number of amides is 1. The molecule has 7 heteroatoms. The minimum Gasteiger partial charge on any atom is -0.508 e. The summed E-state index contributed by atoms with van der Waals surface area (Å²) in [5.41, 5.74) is 3.04.